The fourth-order valence-corrected chi connectivity index (χ4v) is 3.34. The van der Waals surface area contributed by atoms with Crippen molar-refractivity contribution in [3.63, 3.8) is 0 Å². The van der Waals surface area contributed by atoms with E-state index in [0.717, 1.165) is 29.8 Å². The lowest BCUT2D eigenvalue weighted by Crippen LogP contribution is -2.53. The first-order valence-corrected chi connectivity index (χ1v) is 8.75. The Labute approximate surface area is 148 Å². The molecule has 0 radical (unpaired) electrons. The standard InChI is InChI=1S/C18H27N5O2/c1-12-7-9-23(17(24)25-18(2,3)4)10-14(12)22(5)16-13-6-8-19-15(13)20-11-21-16/h6,8,11-12,14H,7,9-10H2,1-5H3,(H,19,20,21)/t12-,14-/m0/s1. The molecular formula is C18H27N5O2. The number of aromatic nitrogens is 3. The molecule has 0 aliphatic carbocycles. The van der Waals surface area contributed by atoms with E-state index in [9.17, 15) is 4.79 Å². The van der Waals surface area contributed by atoms with Crippen LogP contribution in [0.5, 0.6) is 0 Å². The van der Waals surface area contributed by atoms with Gasteiger partial charge in [-0.05, 0) is 39.2 Å². The minimum absolute atomic E-state index is 0.175. The van der Waals surface area contributed by atoms with E-state index in [2.05, 4.69) is 26.8 Å². The van der Waals surface area contributed by atoms with Gasteiger partial charge in [-0.25, -0.2) is 14.8 Å². The Morgan fingerprint density at radius 3 is 2.88 bits per heavy atom. The van der Waals surface area contributed by atoms with Crippen molar-refractivity contribution >= 4 is 22.9 Å². The van der Waals surface area contributed by atoms with Crippen molar-refractivity contribution in [3.8, 4) is 0 Å². The van der Waals surface area contributed by atoms with Crippen LogP contribution in [0.25, 0.3) is 11.0 Å². The van der Waals surface area contributed by atoms with Gasteiger partial charge in [0.15, 0.2) is 0 Å². The molecule has 3 rings (SSSR count). The van der Waals surface area contributed by atoms with E-state index in [0.29, 0.717) is 12.5 Å². The lowest BCUT2D eigenvalue weighted by atomic mass is 9.92. The molecule has 136 valence electrons. The average Bonchev–Trinajstić information content (AvgIpc) is 3.01. The number of amides is 1. The number of likely N-dealkylation sites (N-methyl/N-ethyl adjacent to an activating group) is 1. The summed E-state index contributed by atoms with van der Waals surface area (Å²) in [5.41, 5.74) is 0.343. The van der Waals surface area contributed by atoms with Gasteiger partial charge < -0.3 is 19.5 Å². The summed E-state index contributed by atoms with van der Waals surface area (Å²) in [5.74, 6) is 1.33. The van der Waals surface area contributed by atoms with Crippen LogP contribution in [-0.4, -0.2) is 57.7 Å². The summed E-state index contributed by atoms with van der Waals surface area (Å²) >= 11 is 0. The maximum absolute atomic E-state index is 12.5. The molecule has 2 atom stereocenters. The lowest BCUT2D eigenvalue weighted by molar-refractivity contribution is 0.0165. The Bertz CT molecular complexity index is 751. The summed E-state index contributed by atoms with van der Waals surface area (Å²) in [6, 6.07) is 2.16. The molecule has 0 spiro atoms. The molecule has 25 heavy (non-hydrogen) atoms. The zero-order valence-electron chi connectivity index (χ0n) is 15.6. The normalized spacial score (nSPS) is 21.4. The lowest BCUT2D eigenvalue weighted by Gasteiger charge is -2.42. The van der Waals surface area contributed by atoms with E-state index in [1.54, 1.807) is 6.33 Å². The fourth-order valence-electron chi connectivity index (χ4n) is 3.34. The number of nitrogens with zero attached hydrogens (tertiary/aromatic N) is 4. The van der Waals surface area contributed by atoms with E-state index in [1.165, 1.54) is 0 Å². The van der Waals surface area contributed by atoms with Crippen molar-refractivity contribution in [3.05, 3.63) is 18.6 Å². The molecule has 1 aliphatic rings. The van der Waals surface area contributed by atoms with Gasteiger partial charge in [0.2, 0.25) is 0 Å². The number of H-pyrrole nitrogens is 1. The van der Waals surface area contributed by atoms with Crippen molar-refractivity contribution < 1.29 is 9.53 Å². The zero-order chi connectivity index (χ0) is 18.2. The van der Waals surface area contributed by atoms with Gasteiger partial charge in [-0.1, -0.05) is 6.92 Å². The van der Waals surface area contributed by atoms with Crippen molar-refractivity contribution in [1.29, 1.82) is 0 Å². The Kier molecular flexibility index (Phi) is 4.58. The van der Waals surface area contributed by atoms with Crippen LogP contribution in [0.15, 0.2) is 18.6 Å². The van der Waals surface area contributed by atoms with Gasteiger partial charge in [-0.3, -0.25) is 0 Å². The number of hydrogen-bond acceptors (Lipinski definition) is 5. The highest BCUT2D eigenvalue weighted by Gasteiger charge is 2.34. The van der Waals surface area contributed by atoms with Crippen LogP contribution in [0.3, 0.4) is 0 Å². The third-order valence-electron chi connectivity index (χ3n) is 4.73. The second kappa shape index (κ2) is 6.54. The Morgan fingerprint density at radius 1 is 1.40 bits per heavy atom. The molecule has 1 saturated heterocycles. The van der Waals surface area contributed by atoms with Gasteiger partial charge >= 0.3 is 6.09 Å². The zero-order valence-corrected chi connectivity index (χ0v) is 15.6. The van der Waals surface area contributed by atoms with E-state index in [1.807, 2.05) is 45.0 Å². The third-order valence-corrected chi connectivity index (χ3v) is 4.73. The second-order valence-electron chi connectivity index (χ2n) is 7.81. The van der Waals surface area contributed by atoms with Gasteiger partial charge in [0.25, 0.3) is 0 Å². The summed E-state index contributed by atoms with van der Waals surface area (Å²) in [6.45, 7) is 9.26. The molecule has 0 unspecified atom stereocenters. The first-order chi connectivity index (χ1) is 11.8. The molecule has 7 heteroatoms. The molecule has 1 N–H and O–H groups in total. The maximum atomic E-state index is 12.5. The predicted molar refractivity (Wildman–Crippen MR) is 97.7 cm³/mol. The minimum Gasteiger partial charge on any atom is -0.444 e. The second-order valence-corrected chi connectivity index (χ2v) is 7.81. The first-order valence-electron chi connectivity index (χ1n) is 8.75. The Hall–Kier alpha value is -2.31. The van der Waals surface area contributed by atoms with Crippen LogP contribution in [-0.2, 0) is 4.74 Å². The summed E-state index contributed by atoms with van der Waals surface area (Å²) < 4.78 is 5.54. The van der Waals surface area contributed by atoms with Crippen LogP contribution in [0.4, 0.5) is 10.6 Å². The smallest absolute Gasteiger partial charge is 0.410 e. The Morgan fingerprint density at radius 2 is 2.16 bits per heavy atom. The Balaban J connectivity index is 1.80. The molecule has 0 aromatic carbocycles. The van der Waals surface area contributed by atoms with Gasteiger partial charge in [0.05, 0.1) is 11.4 Å². The summed E-state index contributed by atoms with van der Waals surface area (Å²) in [7, 11) is 2.04. The first kappa shape index (κ1) is 17.5. The van der Waals surface area contributed by atoms with Crippen molar-refractivity contribution in [2.24, 2.45) is 5.92 Å². The van der Waals surface area contributed by atoms with Crippen LogP contribution in [0.1, 0.15) is 34.1 Å². The fraction of sp³-hybridized carbons (Fsp3) is 0.611. The maximum Gasteiger partial charge on any atom is 0.410 e. The van der Waals surface area contributed by atoms with Crippen LogP contribution in [0, 0.1) is 5.92 Å². The number of piperidine rings is 1. The van der Waals surface area contributed by atoms with Gasteiger partial charge in [-0.2, -0.15) is 0 Å². The number of rotatable bonds is 2. The van der Waals surface area contributed by atoms with Crippen molar-refractivity contribution in [2.75, 3.05) is 25.0 Å². The molecule has 0 saturated carbocycles. The van der Waals surface area contributed by atoms with Crippen LogP contribution < -0.4 is 4.90 Å². The number of ether oxygens (including phenoxy) is 1. The minimum atomic E-state index is -0.481. The third kappa shape index (κ3) is 3.70. The van der Waals surface area contributed by atoms with Crippen molar-refractivity contribution in [2.45, 2.75) is 45.8 Å². The highest BCUT2D eigenvalue weighted by atomic mass is 16.6. The summed E-state index contributed by atoms with van der Waals surface area (Å²) in [5, 5.41) is 0.992. The molecule has 3 heterocycles. The molecule has 1 amide bonds. The number of nitrogens with one attached hydrogen (secondary N) is 1. The van der Waals surface area contributed by atoms with Gasteiger partial charge in [-0.15, -0.1) is 0 Å². The SMILES string of the molecule is C[C@H]1CCN(C(=O)OC(C)(C)C)C[C@@H]1N(C)c1ncnc2[nH]ccc12. The molecule has 1 fully saturated rings. The number of carbonyl (C=O) groups excluding carboxylic acids is 1. The number of aromatic amines is 1. The van der Waals surface area contributed by atoms with Crippen LogP contribution >= 0.6 is 0 Å². The number of hydrogen-bond donors (Lipinski definition) is 1. The number of likely N-dealkylation sites (tertiary alicyclic amines) is 1. The van der Waals surface area contributed by atoms with Crippen LogP contribution in [0.2, 0.25) is 0 Å². The number of fused-ring (bicyclic) bond motifs is 1. The quantitative estimate of drug-likeness (QED) is 0.905. The average molecular weight is 345 g/mol. The number of anilines is 1. The molecule has 7 nitrogen and oxygen atoms in total. The van der Waals surface area contributed by atoms with E-state index in [-0.39, 0.29) is 12.1 Å². The summed E-state index contributed by atoms with van der Waals surface area (Å²) in [6.07, 6.45) is 4.14. The number of carbonyl (C=O) groups is 1. The van der Waals surface area contributed by atoms with Gasteiger partial charge in [0, 0.05) is 26.3 Å². The molecule has 2 aromatic rings. The highest BCUT2D eigenvalue weighted by molar-refractivity contribution is 5.87. The highest BCUT2D eigenvalue weighted by Crippen LogP contribution is 2.29. The monoisotopic (exact) mass is 345 g/mol. The predicted octanol–water partition coefficient (Wildman–Crippen LogP) is 3.04. The van der Waals surface area contributed by atoms with E-state index in [4.69, 9.17) is 4.74 Å². The summed E-state index contributed by atoms with van der Waals surface area (Å²) in [4.78, 5) is 28.3. The van der Waals surface area contributed by atoms with E-state index >= 15 is 0 Å². The molecule has 0 bridgehead atoms. The molecule has 1 aliphatic heterocycles. The molecule has 2 aromatic heterocycles. The van der Waals surface area contributed by atoms with E-state index < -0.39 is 5.60 Å². The van der Waals surface area contributed by atoms with Gasteiger partial charge in [0.1, 0.15) is 23.4 Å². The largest absolute Gasteiger partial charge is 0.444 e. The topological polar surface area (TPSA) is 74.3 Å². The van der Waals surface area contributed by atoms with Crippen molar-refractivity contribution in [1.82, 2.24) is 19.9 Å². The molecular weight excluding hydrogens is 318 g/mol.